The predicted molar refractivity (Wildman–Crippen MR) is 111 cm³/mol. The van der Waals surface area contributed by atoms with Crippen LogP contribution in [0.2, 0.25) is 10.0 Å². The number of alkyl halides is 3. The van der Waals surface area contributed by atoms with E-state index in [9.17, 15) is 28.5 Å². The molecule has 3 aliphatic heterocycles. The van der Waals surface area contributed by atoms with Crippen molar-refractivity contribution in [3.8, 4) is 0 Å². The summed E-state index contributed by atoms with van der Waals surface area (Å²) in [4.78, 5) is 10.2. The number of aliphatic hydroxyl groups excluding tert-OH is 3. The summed E-state index contributed by atoms with van der Waals surface area (Å²) in [6.45, 7) is -1.42. The van der Waals surface area contributed by atoms with E-state index in [4.69, 9.17) is 27.9 Å². The van der Waals surface area contributed by atoms with Gasteiger partial charge in [0.1, 0.15) is 30.3 Å². The van der Waals surface area contributed by atoms with Gasteiger partial charge in [-0.15, -0.1) is 0 Å². The molecule has 0 amide bonds. The van der Waals surface area contributed by atoms with Crippen LogP contribution in [0.15, 0.2) is 35.5 Å². The molecular formula is C19H21Cl2F3N4O5. The quantitative estimate of drug-likeness (QED) is 0.374. The highest BCUT2D eigenvalue weighted by Gasteiger charge is 2.51. The lowest BCUT2D eigenvalue weighted by Gasteiger charge is -2.37. The Morgan fingerprint density at radius 2 is 2.03 bits per heavy atom. The van der Waals surface area contributed by atoms with Gasteiger partial charge in [0.2, 0.25) is 0 Å². The number of aliphatic imine (C=N–C) groups is 1. The van der Waals surface area contributed by atoms with E-state index < -0.39 is 55.5 Å². The number of rotatable bonds is 5. The highest BCUT2D eigenvalue weighted by molar-refractivity contribution is 6.42. The highest BCUT2D eigenvalue weighted by atomic mass is 35.5. The lowest BCUT2D eigenvalue weighted by molar-refractivity contribution is -0.183. The maximum atomic E-state index is 12.3. The minimum Gasteiger partial charge on any atom is -0.387 e. The number of nitrogens with one attached hydrogen (secondary N) is 2. The second-order valence-electron chi connectivity index (χ2n) is 7.76. The first-order valence-corrected chi connectivity index (χ1v) is 10.6. The van der Waals surface area contributed by atoms with E-state index in [-0.39, 0.29) is 17.5 Å². The fourth-order valence-corrected chi connectivity index (χ4v) is 4.30. The summed E-state index contributed by atoms with van der Waals surface area (Å²) in [5.41, 5.74) is 2.58. The van der Waals surface area contributed by atoms with Crippen LogP contribution < -0.4 is 10.8 Å². The van der Waals surface area contributed by atoms with Crippen molar-refractivity contribution in [1.29, 1.82) is 0 Å². The zero-order valence-electron chi connectivity index (χ0n) is 16.8. The largest absolute Gasteiger partial charge is 0.414 e. The summed E-state index contributed by atoms with van der Waals surface area (Å²) in [5.74, 6) is -0.360. The lowest BCUT2D eigenvalue weighted by atomic mass is 9.99. The van der Waals surface area contributed by atoms with Gasteiger partial charge in [0.25, 0.3) is 0 Å². The monoisotopic (exact) mass is 512 g/mol. The SMILES string of the molecule is O[C@@H]1[C@H](O)[C@@H]([C@H](O)c2ccc(Cl)c(Cl)c2)O[C@H]1N1C=CC2C(NOCC(F)(F)F)=NCNC21. The number of amidine groups is 1. The molecule has 0 aliphatic carbocycles. The van der Waals surface area contributed by atoms with Crippen LogP contribution in [0.3, 0.4) is 0 Å². The van der Waals surface area contributed by atoms with Crippen molar-refractivity contribution in [2.75, 3.05) is 13.3 Å². The van der Waals surface area contributed by atoms with Crippen molar-refractivity contribution in [3.05, 3.63) is 46.1 Å². The van der Waals surface area contributed by atoms with Crippen LogP contribution >= 0.6 is 23.2 Å². The average molecular weight is 513 g/mol. The molecule has 3 heterocycles. The predicted octanol–water partition coefficient (Wildman–Crippen LogP) is 1.29. The van der Waals surface area contributed by atoms with Crippen molar-refractivity contribution in [3.63, 3.8) is 0 Å². The summed E-state index contributed by atoms with van der Waals surface area (Å²) in [6, 6.07) is 4.46. The average Bonchev–Trinajstić information content (AvgIpc) is 3.31. The van der Waals surface area contributed by atoms with E-state index in [1.165, 1.54) is 18.2 Å². The minimum atomic E-state index is -4.50. The Bertz CT molecular complexity index is 937. The van der Waals surface area contributed by atoms with Gasteiger partial charge in [-0.25, -0.2) is 0 Å². The van der Waals surface area contributed by atoms with Gasteiger partial charge < -0.3 is 25.0 Å². The first kappa shape index (κ1) is 24.5. The maximum Gasteiger partial charge on any atom is 0.414 e. The molecule has 1 aromatic rings. The first-order chi connectivity index (χ1) is 15.6. The zero-order valence-corrected chi connectivity index (χ0v) is 18.3. The molecule has 7 atom stereocenters. The standard InChI is InChI=1S/C19H21Cl2F3N4O5/c20-10-2-1-8(5-11(10)21)12(29)15-13(30)14(31)18(33-15)28-4-3-9-16(25-7-26-17(9)28)27-32-6-19(22,23)24/h1-5,9,12-15,17-18,26,29-31H,6-7H2,(H,25,27)/t9?,12-,13+,14-,15-,17?,18-/m1/s1. The van der Waals surface area contributed by atoms with Crippen LogP contribution in [0.5, 0.6) is 0 Å². The number of halogens is 5. The zero-order chi connectivity index (χ0) is 23.9. The van der Waals surface area contributed by atoms with Crippen molar-refractivity contribution in [1.82, 2.24) is 15.7 Å². The summed E-state index contributed by atoms with van der Waals surface area (Å²) >= 11 is 11.9. The van der Waals surface area contributed by atoms with Crippen LogP contribution in [0.25, 0.3) is 0 Å². The molecule has 1 fully saturated rings. The van der Waals surface area contributed by atoms with Crippen molar-refractivity contribution < 1.29 is 38.1 Å². The number of aliphatic hydroxyl groups is 3. The summed E-state index contributed by atoms with van der Waals surface area (Å²) in [7, 11) is 0. The Morgan fingerprint density at radius 1 is 1.27 bits per heavy atom. The topological polar surface area (TPSA) is 119 Å². The molecular weight excluding hydrogens is 492 g/mol. The molecule has 5 N–H and O–H groups in total. The molecule has 1 saturated heterocycles. The fourth-order valence-electron chi connectivity index (χ4n) is 3.99. The third kappa shape index (κ3) is 5.08. The first-order valence-electron chi connectivity index (χ1n) is 9.89. The van der Waals surface area contributed by atoms with Gasteiger partial charge in [0.15, 0.2) is 12.8 Å². The minimum absolute atomic E-state index is 0.0672. The smallest absolute Gasteiger partial charge is 0.387 e. The number of hydrogen-bond acceptors (Lipinski definition) is 9. The van der Waals surface area contributed by atoms with E-state index in [2.05, 4.69) is 20.6 Å². The number of fused-ring (bicyclic) bond motifs is 1. The van der Waals surface area contributed by atoms with Gasteiger partial charge in [0.05, 0.1) is 28.8 Å². The molecule has 4 rings (SSSR count). The van der Waals surface area contributed by atoms with Crippen LogP contribution in [0.1, 0.15) is 11.7 Å². The summed E-state index contributed by atoms with van der Waals surface area (Å²) in [5, 5.41) is 35.5. The van der Waals surface area contributed by atoms with Crippen LogP contribution in [-0.4, -0.2) is 76.2 Å². The molecule has 0 aromatic heterocycles. The molecule has 14 heteroatoms. The number of hydroxylamine groups is 1. The Morgan fingerprint density at radius 3 is 2.73 bits per heavy atom. The van der Waals surface area contributed by atoms with E-state index in [0.29, 0.717) is 10.6 Å². The van der Waals surface area contributed by atoms with Gasteiger partial charge in [0, 0.05) is 6.20 Å². The van der Waals surface area contributed by atoms with E-state index >= 15 is 0 Å². The summed E-state index contributed by atoms with van der Waals surface area (Å²) < 4.78 is 42.9. The second-order valence-corrected chi connectivity index (χ2v) is 8.58. The molecule has 3 aliphatic rings. The van der Waals surface area contributed by atoms with Crippen molar-refractivity contribution >= 4 is 29.0 Å². The van der Waals surface area contributed by atoms with Gasteiger partial charge in [-0.1, -0.05) is 35.3 Å². The molecule has 0 radical (unpaired) electrons. The summed E-state index contributed by atoms with van der Waals surface area (Å²) in [6.07, 6.45) is -8.21. The number of benzene rings is 1. The molecule has 0 saturated carbocycles. The molecule has 0 spiro atoms. The van der Waals surface area contributed by atoms with Crippen LogP contribution in [0.4, 0.5) is 13.2 Å². The fraction of sp³-hybridized carbons (Fsp3) is 0.526. The molecule has 1 aromatic carbocycles. The van der Waals surface area contributed by atoms with E-state index in [1.807, 2.05) is 0 Å². The molecule has 9 nitrogen and oxygen atoms in total. The normalized spacial score (nSPS) is 32.6. The Balaban J connectivity index is 1.44. The number of nitrogens with zero attached hydrogens (tertiary/aromatic N) is 2. The Kier molecular flexibility index (Phi) is 7.08. The van der Waals surface area contributed by atoms with E-state index in [0.717, 1.165) is 0 Å². The Labute approximate surface area is 196 Å². The molecule has 0 bridgehead atoms. The van der Waals surface area contributed by atoms with Crippen molar-refractivity contribution in [2.24, 2.45) is 10.9 Å². The second kappa shape index (κ2) is 9.55. The maximum absolute atomic E-state index is 12.3. The lowest BCUT2D eigenvalue weighted by Crippen LogP contribution is -2.57. The third-order valence-corrected chi connectivity index (χ3v) is 6.31. The third-order valence-electron chi connectivity index (χ3n) is 5.57. The van der Waals surface area contributed by atoms with Crippen molar-refractivity contribution in [2.45, 2.75) is 43.0 Å². The Hall–Kier alpha value is -1.64. The number of hydrogen-bond donors (Lipinski definition) is 5. The van der Waals surface area contributed by atoms with Crippen LogP contribution in [-0.2, 0) is 9.57 Å². The molecule has 33 heavy (non-hydrogen) atoms. The molecule has 182 valence electrons. The molecule has 2 unspecified atom stereocenters. The van der Waals surface area contributed by atoms with Gasteiger partial charge in [-0.3, -0.25) is 20.6 Å². The van der Waals surface area contributed by atoms with Gasteiger partial charge >= 0.3 is 6.18 Å². The van der Waals surface area contributed by atoms with Gasteiger partial charge in [-0.05, 0) is 17.7 Å². The van der Waals surface area contributed by atoms with Gasteiger partial charge in [-0.2, -0.15) is 13.2 Å². The van der Waals surface area contributed by atoms with E-state index in [1.54, 1.807) is 17.2 Å². The highest BCUT2D eigenvalue weighted by Crippen LogP contribution is 2.37. The van der Waals surface area contributed by atoms with Crippen LogP contribution in [0, 0.1) is 5.92 Å². The number of ether oxygens (including phenoxy) is 1.